The van der Waals surface area contributed by atoms with Crippen LogP contribution in [0, 0.1) is 11.2 Å². The molecule has 0 saturated carbocycles. The van der Waals surface area contributed by atoms with Gasteiger partial charge in [-0.15, -0.1) is 0 Å². The number of hydrogen-bond donors (Lipinski definition) is 2. The molecule has 3 nitrogen and oxygen atoms in total. The van der Waals surface area contributed by atoms with Crippen LogP contribution in [0.25, 0.3) is 0 Å². The van der Waals surface area contributed by atoms with Crippen LogP contribution in [0.1, 0.15) is 34.1 Å². The number of anilines is 2. The number of halogens is 1. The Hall–Kier alpha value is -1.58. The van der Waals surface area contributed by atoms with Crippen molar-refractivity contribution in [1.29, 1.82) is 0 Å². The third-order valence-corrected chi connectivity index (χ3v) is 2.48. The average Bonchev–Trinajstić information content (AvgIpc) is 2.20. The summed E-state index contributed by atoms with van der Waals surface area (Å²) >= 11 is 0. The fourth-order valence-electron chi connectivity index (χ4n) is 1.51. The van der Waals surface area contributed by atoms with Gasteiger partial charge in [0.05, 0.1) is 5.69 Å². The van der Waals surface area contributed by atoms with Crippen LogP contribution in [-0.4, -0.2) is 12.5 Å². The van der Waals surface area contributed by atoms with Crippen LogP contribution in [0.4, 0.5) is 15.8 Å². The van der Waals surface area contributed by atoms with Gasteiger partial charge in [0.25, 0.3) is 0 Å². The van der Waals surface area contributed by atoms with Crippen LogP contribution in [0.2, 0.25) is 0 Å². The number of hydrogen-bond acceptors (Lipinski definition) is 2. The Balaban J connectivity index is 2.66. The second kappa shape index (κ2) is 5.85. The quantitative estimate of drug-likeness (QED) is 0.859. The molecule has 0 fully saturated rings. The van der Waals surface area contributed by atoms with Crippen molar-refractivity contribution >= 4 is 17.3 Å². The highest BCUT2D eigenvalue weighted by molar-refractivity contribution is 5.89. The zero-order valence-corrected chi connectivity index (χ0v) is 11.4. The highest BCUT2D eigenvalue weighted by atomic mass is 19.1. The predicted molar refractivity (Wildman–Crippen MR) is 73.3 cm³/mol. The van der Waals surface area contributed by atoms with E-state index >= 15 is 0 Å². The lowest BCUT2D eigenvalue weighted by molar-refractivity contribution is -0.114. The van der Waals surface area contributed by atoms with E-state index in [0.29, 0.717) is 17.9 Å². The van der Waals surface area contributed by atoms with Crippen LogP contribution in [-0.2, 0) is 4.79 Å². The van der Waals surface area contributed by atoms with E-state index in [0.717, 1.165) is 6.42 Å². The summed E-state index contributed by atoms with van der Waals surface area (Å²) in [4.78, 5) is 10.9. The minimum atomic E-state index is -0.307. The summed E-state index contributed by atoms with van der Waals surface area (Å²) in [5.74, 6) is -0.472. The third-order valence-electron chi connectivity index (χ3n) is 2.48. The molecule has 0 aliphatic heterocycles. The molecule has 0 radical (unpaired) electrons. The van der Waals surface area contributed by atoms with Gasteiger partial charge in [0, 0.05) is 19.2 Å². The SMILES string of the molecule is CC(=O)Nc1ccc(F)c(NCCC(C)(C)C)c1. The van der Waals surface area contributed by atoms with Gasteiger partial charge in [0.15, 0.2) is 0 Å². The van der Waals surface area contributed by atoms with Gasteiger partial charge in [-0.2, -0.15) is 0 Å². The Morgan fingerprint density at radius 3 is 2.56 bits per heavy atom. The van der Waals surface area contributed by atoms with Crippen molar-refractivity contribution in [3.8, 4) is 0 Å². The highest BCUT2D eigenvalue weighted by Crippen LogP contribution is 2.22. The highest BCUT2D eigenvalue weighted by Gasteiger charge is 2.10. The molecule has 0 aliphatic carbocycles. The van der Waals surface area contributed by atoms with Gasteiger partial charge in [-0.25, -0.2) is 4.39 Å². The number of carbonyl (C=O) groups is 1. The summed E-state index contributed by atoms with van der Waals surface area (Å²) in [6.07, 6.45) is 0.941. The summed E-state index contributed by atoms with van der Waals surface area (Å²) in [6, 6.07) is 4.51. The molecule has 0 heterocycles. The van der Waals surface area contributed by atoms with Crippen LogP contribution >= 0.6 is 0 Å². The van der Waals surface area contributed by atoms with Gasteiger partial charge >= 0.3 is 0 Å². The minimum absolute atomic E-state index is 0.165. The molecule has 0 aliphatic rings. The number of benzene rings is 1. The maximum atomic E-state index is 13.6. The molecule has 0 atom stereocenters. The van der Waals surface area contributed by atoms with E-state index in [1.807, 2.05) is 0 Å². The topological polar surface area (TPSA) is 41.1 Å². The molecule has 1 aromatic rings. The Bertz CT molecular complexity index is 424. The molecular formula is C14H21FN2O. The van der Waals surface area contributed by atoms with Crippen molar-refractivity contribution < 1.29 is 9.18 Å². The van der Waals surface area contributed by atoms with Gasteiger partial charge in [0.2, 0.25) is 5.91 Å². The first kappa shape index (κ1) is 14.5. The fourth-order valence-corrected chi connectivity index (χ4v) is 1.51. The van der Waals surface area contributed by atoms with Crippen LogP contribution < -0.4 is 10.6 Å². The lowest BCUT2D eigenvalue weighted by Gasteiger charge is -2.19. The molecule has 1 amide bonds. The number of nitrogens with one attached hydrogen (secondary N) is 2. The molecule has 2 N–H and O–H groups in total. The summed E-state index contributed by atoms with van der Waals surface area (Å²) in [7, 11) is 0. The van der Waals surface area contributed by atoms with E-state index in [-0.39, 0.29) is 17.1 Å². The van der Waals surface area contributed by atoms with Gasteiger partial charge in [-0.1, -0.05) is 20.8 Å². The van der Waals surface area contributed by atoms with Crippen molar-refractivity contribution in [3.63, 3.8) is 0 Å². The molecule has 18 heavy (non-hydrogen) atoms. The van der Waals surface area contributed by atoms with E-state index in [4.69, 9.17) is 0 Å². The molecule has 0 saturated heterocycles. The molecule has 1 rings (SSSR count). The Labute approximate surface area is 108 Å². The summed E-state index contributed by atoms with van der Waals surface area (Å²) in [6.45, 7) is 8.54. The number of carbonyl (C=O) groups excluding carboxylic acids is 1. The molecule has 4 heteroatoms. The summed E-state index contributed by atoms with van der Waals surface area (Å²) in [5.41, 5.74) is 1.23. The average molecular weight is 252 g/mol. The van der Waals surface area contributed by atoms with Gasteiger partial charge in [0.1, 0.15) is 5.82 Å². The van der Waals surface area contributed by atoms with Gasteiger partial charge < -0.3 is 10.6 Å². The molecule has 100 valence electrons. The lowest BCUT2D eigenvalue weighted by atomic mass is 9.92. The lowest BCUT2D eigenvalue weighted by Crippen LogP contribution is -2.14. The maximum absolute atomic E-state index is 13.6. The predicted octanol–water partition coefficient (Wildman–Crippen LogP) is 3.63. The second-order valence-electron chi connectivity index (χ2n) is 5.61. The molecule has 0 spiro atoms. The second-order valence-corrected chi connectivity index (χ2v) is 5.61. The normalized spacial score (nSPS) is 11.2. The maximum Gasteiger partial charge on any atom is 0.221 e. The van der Waals surface area contributed by atoms with E-state index < -0.39 is 0 Å². The molecule has 1 aromatic carbocycles. The van der Waals surface area contributed by atoms with Gasteiger partial charge in [-0.3, -0.25) is 4.79 Å². The zero-order chi connectivity index (χ0) is 13.8. The Morgan fingerprint density at radius 2 is 2.00 bits per heavy atom. The first-order valence-electron chi connectivity index (χ1n) is 6.09. The van der Waals surface area contributed by atoms with Crippen molar-refractivity contribution in [2.75, 3.05) is 17.2 Å². The van der Waals surface area contributed by atoms with Crippen LogP contribution in [0.3, 0.4) is 0 Å². The summed E-state index contributed by atoms with van der Waals surface area (Å²) < 4.78 is 13.6. The summed E-state index contributed by atoms with van der Waals surface area (Å²) in [5, 5.41) is 5.69. The monoisotopic (exact) mass is 252 g/mol. The zero-order valence-electron chi connectivity index (χ0n) is 11.4. The minimum Gasteiger partial charge on any atom is -0.383 e. The standard InChI is InChI=1S/C14H21FN2O/c1-10(18)17-11-5-6-12(15)13(9-11)16-8-7-14(2,3)4/h5-6,9,16H,7-8H2,1-4H3,(H,17,18). The van der Waals surface area contributed by atoms with Gasteiger partial charge in [-0.05, 0) is 30.0 Å². The van der Waals surface area contributed by atoms with E-state index in [1.165, 1.54) is 13.0 Å². The van der Waals surface area contributed by atoms with Crippen LogP contribution in [0.15, 0.2) is 18.2 Å². The molecule has 0 bridgehead atoms. The van der Waals surface area contributed by atoms with E-state index in [2.05, 4.69) is 31.4 Å². The first-order valence-corrected chi connectivity index (χ1v) is 6.09. The Morgan fingerprint density at radius 1 is 1.33 bits per heavy atom. The number of amides is 1. The Kier molecular flexibility index (Phi) is 4.70. The van der Waals surface area contributed by atoms with E-state index in [9.17, 15) is 9.18 Å². The molecule has 0 aromatic heterocycles. The first-order chi connectivity index (χ1) is 8.28. The van der Waals surface area contributed by atoms with Crippen molar-refractivity contribution in [3.05, 3.63) is 24.0 Å². The van der Waals surface area contributed by atoms with Crippen LogP contribution in [0.5, 0.6) is 0 Å². The molecule has 0 unspecified atom stereocenters. The smallest absolute Gasteiger partial charge is 0.221 e. The van der Waals surface area contributed by atoms with Crippen molar-refractivity contribution in [2.24, 2.45) is 5.41 Å². The fraction of sp³-hybridized carbons (Fsp3) is 0.500. The van der Waals surface area contributed by atoms with E-state index in [1.54, 1.807) is 12.1 Å². The van der Waals surface area contributed by atoms with Crippen molar-refractivity contribution in [1.82, 2.24) is 0 Å². The third kappa shape index (κ3) is 5.17. The molecular weight excluding hydrogens is 231 g/mol. The largest absolute Gasteiger partial charge is 0.383 e. The number of rotatable bonds is 4. The van der Waals surface area contributed by atoms with Crippen molar-refractivity contribution in [2.45, 2.75) is 34.1 Å².